The highest BCUT2D eigenvalue weighted by molar-refractivity contribution is 7.10. The van der Waals surface area contributed by atoms with Crippen molar-refractivity contribution in [2.45, 2.75) is 32.7 Å². The summed E-state index contributed by atoms with van der Waals surface area (Å²) in [6.45, 7) is 4.21. The molecule has 2 rings (SSSR count). The van der Waals surface area contributed by atoms with Crippen LogP contribution in [0.2, 0.25) is 0 Å². The van der Waals surface area contributed by atoms with Gasteiger partial charge >= 0.3 is 0 Å². The molecule has 1 aromatic carbocycles. The summed E-state index contributed by atoms with van der Waals surface area (Å²) < 4.78 is 5.41. The normalized spacial score (nSPS) is 12.4. The average Bonchev–Trinajstić information content (AvgIpc) is 2.88. The lowest BCUT2D eigenvalue weighted by atomic mass is 10.1. The molecule has 0 bridgehead atoms. The van der Waals surface area contributed by atoms with Crippen LogP contribution in [0.3, 0.4) is 0 Å². The quantitative estimate of drug-likeness (QED) is 0.900. The number of thiazole rings is 1. The van der Waals surface area contributed by atoms with Gasteiger partial charge in [-0.25, -0.2) is 4.98 Å². The van der Waals surface area contributed by atoms with E-state index in [9.17, 15) is 0 Å². The van der Waals surface area contributed by atoms with Crippen LogP contribution in [-0.4, -0.2) is 12.1 Å². The molecule has 0 aliphatic rings. The van der Waals surface area contributed by atoms with E-state index in [0.717, 1.165) is 34.9 Å². The minimum Gasteiger partial charge on any atom is -0.496 e. The van der Waals surface area contributed by atoms with Crippen molar-refractivity contribution in [3.63, 3.8) is 0 Å². The maximum absolute atomic E-state index is 6.11. The van der Waals surface area contributed by atoms with Crippen molar-refractivity contribution in [3.05, 3.63) is 34.2 Å². The number of nitrogens with zero attached hydrogens (tertiary/aromatic N) is 1. The molecule has 0 radical (unpaired) electrons. The number of methoxy groups -OCH3 is 1. The number of rotatable bonds is 5. The predicted octanol–water partition coefficient (Wildman–Crippen LogP) is 3.93. The van der Waals surface area contributed by atoms with E-state index in [-0.39, 0.29) is 6.04 Å². The number of aromatic nitrogens is 1. The van der Waals surface area contributed by atoms with Crippen molar-refractivity contribution < 1.29 is 4.74 Å². The van der Waals surface area contributed by atoms with Gasteiger partial charge in [0.25, 0.3) is 0 Å². The summed E-state index contributed by atoms with van der Waals surface area (Å²) in [6, 6.07) is 6.16. The first-order valence-corrected chi connectivity index (χ1v) is 7.39. The zero-order valence-electron chi connectivity index (χ0n) is 11.6. The summed E-state index contributed by atoms with van der Waals surface area (Å²) in [5.41, 5.74) is 9.30. The molecule has 3 nitrogen and oxygen atoms in total. The molecular formula is C15H20N2OS. The van der Waals surface area contributed by atoms with Crippen LogP contribution in [0, 0.1) is 6.92 Å². The molecule has 0 fully saturated rings. The highest BCUT2D eigenvalue weighted by Crippen LogP contribution is 2.33. The molecule has 0 aliphatic heterocycles. The van der Waals surface area contributed by atoms with Gasteiger partial charge in [0.1, 0.15) is 10.8 Å². The number of benzene rings is 1. The van der Waals surface area contributed by atoms with Crippen molar-refractivity contribution >= 4 is 11.3 Å². The standard InChI is InChI=1S/C15H20N2OS/c1-4-5-12(16)15-17-13(9-19-15)11-8-10(2)6-7-14(11)18-3/h6-9,12H,4-5,16H2,1-3H3. The summed E-state index contributed by atoms with van der Waals surface area (Å²) in [5.74, 6) is 0.853. The van der Waals surface area contributed by atoms with Gasteiger partial charge in [0, 0.05) is 10.9 Å². The van der Waals surface area contributed by atoms with Crippen LogP contribution in [0.25, 0.3) is 11.3 Å². The maximum atomic E-state index is 6.11. The Morgan fingerprint density at radius 1 is 1.42 bits per heavy atom. The molecule has 0 amide bonds. The van der Waals surface area contributed by atoms with Gasteiger partial charge in [-0.05, 0) is 25.5 Å². The smallest absolute Gasteiger partial charge is 0.128 e. The third-order valence-electron chi connectivity index (χ3n) is 3.07. The van der Waals surface area contributed by atoms with Gasteiger partial charge in [-0.15, -0.1) is 11.3 Å². The van der Waals surface area contributed by atoms with Crippen molar-refractivity contribution in [1.82, 2.24) is 4.98 Å². The molecule has 19 heavy (non-hydrogen) atoms. The average molecular weight is 276 g/mol. The zero-order valence-corrected chi connectivity index (χ0v) is 12.5. The van der Waals surface area contributed by atoms with Gasteiger partial charge in [0.15, 0.2) is 0 Å². The fourth-order valence-electron chi connectivity index (χ4n) is 2.04. The molecule has 1 unspecified atom stereocenters. The van der Waals surface area contributed by atoms with Crippen LogP contribution < -0.4 is 10.5 Å². The first-order chi connectivity index (χ1) is 9.15. The fourth-order valence-corrected chi connectivity index (χ4v) is 2.89. The van der Waals surface area contributed by atoms with E-state index in [0.29, 0.717) is 0 Å². The monoisotopic (exact) mass is 276 g/mol. The van der Waals surface area contributed by atoms with E-state index in [1.54, 1.807) is 18.4 Å². The fraction of sp³-hybridized carbons (Fsp3) is 0.400. The topological polar surface area (TPSA) is 48.1 Å². The molecule has 0 saturated heterocycles. The number of hydrogen-bond donors (Lipinski definition) is 1. The van der Waals surface area contributed by atoms with Gasteiger partial charge in [-0.3, -0.25) is 0 Å². The minimum atomic E-state index is 0.0413. The Bertz CT molecular complexity index is 551. The maximum Gasteiger partial charge on any atom is 0.128 e. The molecule has 1 aromatic heterocycles. The van der Waals surface area contributed by atoms with Crippen molar-refractivity contribution in [1.29, 1.82) is 0 Å². The van der Waals surface area contributed by atoms with Crippen LogP contribution in [0.5, 0.6) is 5.75 Å². The molecular weight excluding hydrogens is 256 g/mol. The van der Waals surface area contributed by atoms with E-state index < -0.39 is 0 Å². The third-order valence-corrected chi connectivity index (χ3v) is 4.05. The molecule has 0 spiro atoms. The Balaban J connectivity index is 2.34. The Kier molecular flexibility index (Phi) is 4.56. The lowest BCUT2D eigenvalue weighted by Crippen LogP contribution is -2.09. The molecule has 102 valence electrons. The number of aryl methyl sites for hydroxylation is 1. The van der Waals surface area contributed by atoms with Crippen LogP contribution in [-0.2, 0) is 0 Å². The Labute approximate surface area is 118 Å². The van der Waals surface area contributed by atoms with Crippen molar-refractivity contribution in [2.75, 3.05) is 7.11 Å². The van der Waals surface area contributed by atoms with E-state index >= 15 is 0 Å². The van der Waals surface area contributed by atoms with Crippen LogP contribution in [0.15, 0.2) is 23.6 Å². The van der Waals surface area contributed by atoms with Crippen LogP contribution in [0.1, 0.15) is 36.4 Å². The number of hydrogen-bond acceptors (Lipinski definition) is 4. The van der Waals surface area contributed by atoms with Gasteiger partial charge in [-0.1, -0.05) is 25.0 Å². The highest BCUT2D eigenvalue weighted by Gasteiger charge is 2.13. The summed E-state index contributed by atoms with van der Waals surface area (Å²) >= 11 is 1.63. The largest absolute Gasteiger partial charge is 0.496 e. The molecule has 2 N–H and O–H groups in total. The van der Waals surface area contributed by atoms with E-state index in [4.69, 9.17) is 10.5 Å². The molecule has 1 atom stereocenters. The van der Waals surface area contributed by atoms with Gasteiger partial charge in [0.2, 0.25) is 0 Å². The molecule has 1 heterocycles. The first kappa shape index (κ1) is 14.0. The molecule has 2 aromatic rings. The highest BCUT2D eigenvalue weighted by atomic mass is 32.1. The van der Waals surface area contributed by atoms with E-state index in [1.807, 2.05) is 12.1 Å². The summed E-state index contributed by atoms with van der Waals surface area (Å²) in [6.07, 6.45) is 2.04. The molecule has 4 heteroatoms. The summed E-state index contributed by atoms with van der Waals surface area (Å²) in [7, 11) is 1.68. The Morgan fingerprint density at radius 2 is 2.21 bits per heavy atom. The van der Waals surface area contributed by atoms with E-state index in [1.165, 1.54) is 5.56 Å². The second kappa shape index (κ2) is 6.17. The second-order valence-electron chi connectivity index (χ2n) is 4.67. The van der Waals surface area contributed by atoms with Crippen molar-refractivity contribution in [3.8, 4) is 17.0 Å². The Morgan fingerprint density at radius 3 is 2.89 bits per heavy atom. The van der Waals surface area contributed by atoms with Gasteiger partial charge in [0.05, 0.1) is 18.8 Å². The van der Waals surface area contributed by atoms with E-state index in [2.05, 4.69) is 30.3 Å². The van der Waals surface area contributed by atoms with Gasteiger partial charge in [-0.2, -0.15) is 0 Å². The summed E-state index contributed by atoms with van der Waals surface area (Å²) in [4.78, 5) is 4.66. The summed E-state index contributed by atoms with van der Waals surface area (Å²) in [5, 5.41) is 3.06. The van der Waals surface area contributed by atoms with Crippen LogP contribution >= 0.6 is 11.3 Å². The lowest BCUT2D eigenvalue weighted by Gasteiger charge is -2.08. The third kappa shape index (κ3) is 3.14. The minimum absolute atomic E-state index is 0.0413. The predicted molar refractivity (Wildman–Crippen MR) is 80.7 cm³/mol. The number of ether oxygens (including phenoxy) is 1. The molecule has 0 aliphatic carbocycles. The first-order valence-electron chi connectivity index (χ1n) is 6.51. The Hall–Kier alpha value is -1.39. The number of nitrogens with two attached hydrogens (primary N) is 1. The SMILES string of the molecule is CCCC(N)c1nc(-c2cc(C)ccc2OC)cs1. The zero-order chi connectivity index (χ0) is 13.8. The molecule has 0 saturated carbocycles. The van der Waals surface area contributed by atoms with Crippen LogP contribution in [0.4, 0.5) is 0 Å². The lowest BCUT2D eigenvalue weighted by molar-refractivity contribution is 0.416. The van der Waals surface area contributed by atoms with Crippen molar-refractivity contribution in [2.24, 2.45) is 5.73 Å². The second-order valence-corrected chi connectivity index (χ2v) is 5.56. The van der Waals surface area contributed by atoms with Gasteiger partial charge < -0.3 is 10.5 Å².